The van der Waals surface area contributed by atoms with Gasteiger partial charge in [-0.3, -0.25) is 9.88 Å². The number of nitrogens with zero attached hydrogens (tertiary/aromatic N) is 3. The zero-order chi connectivity index (χ0) is 19.6. The summed E-state index contributed by atoms with van der Waals surface area (Å²) in [7, 11) is 1.71. The quantitative estimate of drug-likeness (QED) is 0.499. The summed E-state index contributed by atoms with van der Waals surface area (Å²) in [6.45, 7) is 2.81. The zero-order valence-corrected chi connectivity index (χ0v) is 16.3. The second-order valence-corrected chi connectivity index (χ2v) is 7.05. The van der Waals surface area contributed by atoms with Gasteiger partial charge >= 0.3 is 12.0 Å². The third kappa shape index (κ3) is 6.49. The molecule has 0 saturated heterocycles. The van der Waals surface area contributed by atoms with Gasteiger partial charge in [0.2, 0.25) is 0 Å². The number of aromatic nitrogens is 2. The molecule has 0 unspecified atom stereocenters. The van der Waals surface area contributed by atoms with Crippen LogP contribution in [-0.4, -0.2) is 40.7 Å². The summed E-state index contributed by atoms with van der Waals surface area (Å²) >= 11 is 1.34. The maximum absolute atomic E-state index is 12.3. The van der Waals surface area contributed by atoms with E-state index in [2.05, 4.69) is 22.2 Å². The highest BCUT2D eigenvalue weighted by Crippen LogP contribution is 2.27. The minimum atomic E-state index is -1.01. The van der Waals surface area contributed by atoms with Crippen LogP contribution in [0.5, 0.6) is 0 Å². The first-order valence-electron chi connectivity index (χ1n) is 8.86. The molecule has 7 nitrogen and oxygen atoms in total. The van der Waals surface area contributed by atoms with Crippen molar-refractivity contribution in [2.75, 3.05) is 18.5 Å². The van der Waals surface area contributed by atoms with Crippen molar-refractivity contribution in [1.82, 2.24) is 15.3 Å². The van der Waals surface area contributed by atoms with Crippen molar-refractivity contribution in [1.29, 1.82) is 0 Å². The van der Waals surface area contributed by atoms with Crippen molar-refractivity contribution in [3.63, 3.8) is 0 Å². The fourth-order valence-electron chi connectivity index (χ4n) is 2.36. The standard InChI is InChI=1S/C19H24N4O3S/c1-3-4-5-6-10-21-19(26)23(2)14-9-11-20-16(12-14)18-22-13-15(27-18)7-8-17(24)25/h7-9,11-13H,3-6,10H2,1-2H3,(H,21,26)(H,24,25)/b8-7+. The van der Waals surface area contributed by atoms with Gasteiger partial charge in [-0.25, -0.2) is 14.6 Å². The summed E-state index contributed by atoms with van der Waals surface area (Å²) in [5.41, 5.74) is 1.35. The van der Waals surface area contributed by atoms with Gasteiger partial charge in [-0.1, -0.05) is 26.2 Å². The highest BCUT2D eigenvalue weighted by Gasteiger charge is 2.13. The number of pyridine rings is 1. The molecule has 0 spiro atoms. The number of rotatable bonds is 9. The molecular weight excluding hydrogens is 364 g/mol. The Labute approximate surface area is 162 Å². The normalized spacial score (nSPS) is 10.9. The van der Waals surface area contributed by atoms with Gasteiger partial charge in [-0.15, -0.1) is 11.3 Å². The number of hydrogen-bond acceptors (Lipinski definition) is 5. The largest absolute Gasteiger partial charge is 0.478 e. The summed E-state index contributed by atoms with van der Waals surface area (Å²) in [6, 6.07) is 3.40. The molecule has 8 heteroatoms. The Morgan fingerprint density at radius 1 is 1.30 bits per heavy atom. The minimum Gasteiger partial charge on any atom is -0.478 e. The van der Waals surface area contributed by atoms with Gasteiger partial charge in [0.1, 0.15) is 10.7 Å². The predicted octanol–water partition coefficient (Wildman–Crippen LogP) is 4.03. The molecular formula is C19H24N4O3S. The lowest BCUT2D eigenvalue weighted by molar-refractivity contribution is -0.131. The number of unbranched alkanes of at least 4 members (excludes halogenated alkanes) is 3. The summed E-state index contributed by atoms with van der Waals surface area (Å²) in [5, 5.41) is 12.3. The molecule has 2 aromatic rings. The Balaban J connectivity index is 2.02. The van der Waals surface area contributed by atoms with Crippen LogP contribution in [0.15, 0.2) is 30.6 Å². The van der Waals surface area contributed by atoms with Crippen LogP contribution in [0.25, 0.3) is 16.8 Å². The smallest absolute Gasteiger partial charge is 0.328 e. The van der Waals surface area contributed by atoms with Crippen molar-refractivity contribution < 1.29 is 14.7 Å². The predicted molar refractivity (Wildman–Crippen MR) is 108 cm³/mol. The molecule has 0 aliphatic carbocycles. The van der Waals surface area contributed by atoms with E-state index in [9.17, 15) is 9.59 Å². The average Bonchev–Trinajstić information content (AvgIpc) is 3.14. The molecule has 2 amide bonds. The number of amides is 2. The van der Waals surface area contributed by atoms with E-state index in [1.165, 1.54) is 23.8 Å². The molecule has 2 aromatic heterocycles. The third-order valence-electron chi connectivity index (χ3n) is 3.87. The fourth-order valence-corrected chi connectivity index (χ4v) is 3.15. The molecule has 0 aliphatic heterocycles. The summed E-state index contributed by atoms with van der Waals surface area (Å²) in [4.78, 5) is 33.7. The minimum absolute atomic E-state index is 0.159. The van der Waals surface area contributed by atoms with Crippen LogP contribution < -0.4 is 10.2 Å². The van der Waals surface area contributed by atoms with Crippen molar-refractivity contribution >= 4 is 35.1 Å². The van der Waals surface area contributed by atoms with E-state index in [-0.39, 0.29) is 6.03 Å². The lowest BCUT2D eigenvalue weighted by atomic mass is 10.2. The molecule has 0 atom stereocenters. The summed E-state index contributed by atoms with van der Waals surface area (Å²) in [5.74, 6) is -1.01. The van der Waals surface area contributed by atoms with Crippen molar-refractivity contribution in [2.45, 2.75) is 32.6 Å². The van der Waals surface area contributed by atoms with Crippen molar-refractivity contribution in [2.24, 2.45) is 0 Å². The maximum Gasteiger partial charge on any atom is 0.328 e. The van der Waals surface area contributed by atoms with Gasteiger partial charge in [-0.2, -0.15) is 0 Å². The van der Waals surface area contributed by atoms with Crippen LogP contribution >= 0.6 is 11.3 Å². The molecule has 2 heterocycles. The Bertz CT molecular complexity index is 804. The van der Waals surface area contributed by atoms with Gasteiger partial charge in [-0.05, 0) is 24.6 Å². The lowest BCUT2D eigenvalue weighted by Crippen LogP contribution is -2.37. The Morgan fingerprint density at radius 2 is 2.11 bits per heavy atom. The summed E-state index contributed by atoms with van der Waals surface area (Å²) < 4.78 is 0. The molecule has 2 N–H and O–H groups in total. The second-order valence-electron chi connectivity index (χ2n) is 5.99. The Kier molecular flexibility index (Phi) is 7.94. The van der Waals surface area contributed by atoms with Crippen LogP contribution in [0.3, 0.4) is 0 Å². The van der Waals surface area contributed by atoms with E-state index >= 15 is 0 Å². The number of carbonyl (C=O) groups excluding carboxylic acids is 1. The first kappa shape index (κ1) is 20.6. The van der Waals surface area contributed by atoms with Crippen LogP contribution in [0.4, 0.5) is 10.5 Å². The molecule has 0 radical (unpaired) electrons. The van der Waals surface area contributed by atoms with Crippen LogP contribution in [0.1, 0.15) is 37.5 Å². The number of urea groups is 1. The number of carboxylic acids is 1. The molecule has 0 aliphatic rings. The third-order valence-corrected chi connectivity index (χ3v) is 4.86. The number of aliphatic carboxylic acids is 1. The molecule has 0 saturated carbocycles. The van der Waals surface area contributed by atoms with E-state index in [0.717, 1.165) is 30.2 Å². The van der Waals surface area contributed by atoms with E-state index in [0.29, 0.717) is 22.9 Å². The molecule has 0 bridgehead atoms. The van der Waals surface area contributed by atoms with E-state index in [4.69, 9.17) is 5.11 Å². The van der Waals surface area contributed by atoms with Gasteiger partial charge < -0.3 is 10.4 Å². The molecule has 0 fully saturated rings. The fraction of sp³-hybridized carbons (Fsp3) is 0.368. The lowest BCUT2D eigenvalue weighted by Gasteiger charge is -2.18. The van der Waals surface area contributed by atoms with Crippen LogP contribution in [-0.2, 0) is 4.79 Å². The average molecular weight is 388 g/mol. The number of thiazole rings is 1. The van der Waals surface area contributed by atoms with Crippen molar-refractivity contribution in [3.8, 4) is 10.7 Å². The van der Waals surface area contributed by atoms with Crippen LogP contribution in [0, 0.1) is 0 Å². The Morgan fingerprint density at radius 3 is 2.85 bits per heavy atom. The SMILES string of the molecule is CCCCCCNC(=O)N(C)c1ccnc(-c2ncc(/C=C/C(=O)O)s2)c1. The second kappa shape index (κ2) is 10.4. The van der Waals surface area contributed by atoms with E-state index < -0.39 is 5.97 Å². The van der Waals surface area contributed by atoms with Gasteiger partial charge in [0, 0.05) is 42.6 Å². The molecule has 144 valence electrons. The van der Waals surface area contributed by atoms with E-state index in [1.54, 1.807) is 36.5 Å². The molecule has 2 rings (SSSR count). The van der Waals surface area contributed by atoms with Crippen molar-refractivity contribution in [3.05, 3.63) is 35.5 Å². The number of hydrogen-bond donors (Lipinski definition) is 2. The zero-order valence-electron chi connectivity index (χ0n) is 15.5. The molecule has 0 aromatic carbocycles. The number of carboxylic acid groups (broad SMARTS) is 1. The number of anilines is 1. The van der Waals surface area contributed by atoms with Crippen LogP contribution in [0.2, 0.25) is 0 Å². The highest BCUT2D eigenvalue weighted by molar-refractivity contribution is 7.15. The summed E-state index contributed by atoms with van der Waals surface area (Å²) in [6.07, 6.45) is 10.2. The number of nitrogens with one attached hydrogen (secondary N) is 1. The first-order valence-corrected chi connectivity index (χ1v) is 9.67. The topological polar surface area (TPSA) is 95.4 Å². The van der Waals surface area contributed by atoms with Gasteiger partial charge in [0.25, 0.3) is 0 Å². The van der Waals surface area contributed by atoms with Gasteiger partial charge in [0.05, 0.1) is 0 Å². The number of carbonyl (C=O) groups is 2. The monoisotopic (exact) mass is 388 g/mol. The molecule has 27 heavy (non-hydrogen) atoms. The van der Waals surface area contributed by atoms with E-state index in [1.807, 2.05) is 0 Å². The highest BCUT2D eigenvalue weighted by atomic mass is 32.1. The van der Waals surface area contributed by atoms with Gasteiger partial charge in [0.15, 0.2) is 0 Å². The maximum atomic E-state index is 12.3. The first-order chi connectivity index (χ1) is 13.0. The Hall–Kier alpha value is -2.74.